The van der Waals surface area contributed by atoms with E-state index in [-0.39, 0.29) is 19.1 Å². The summed E-state index contributed by atoms with van der Waals surface area (Å²) in [6.45, 7) is 4.61. The number of aliphatic hydroxyl groups excluding tert-OH is 1. The molecule has 0 radical (unpaired) electrons. The fourth-order valence-electron chi connectivity index (χ4n) is 10.0. The molecule has 85 heavy (non-hydrogen) atoms. The molecule has 0 aliphatic heterocycles. The first kappa shape index (κ1) is 81.9. The Kier molecular flexibility index (Phi) is 63.0. The maximum absolute atomic E-state index is 13.1. The molecule has 0 aromatic rings. The summed E-state index contributed by atoms with van der Waals surface area (Å²) in [6, 6.07) is -0.826. The summed E-state index contributed by atoms with van der Waals surface area (Å²) in [6.07, 6.45) is 97.0. The van der Waals surface area contributed by atoms with E-state index in [1.807, 2.05) is 21.1 Å². The molecule has 0 bridgehead atoms. The van der Waals surface area contributed by atoms with E-state index in [1.165, 1.54) is 161 Å². The lowest BCUT2D eigenvalue weighted by Crippen LogP contribution is -2.46. The van der Waals surface area contributed by atoms with Crippen molar-refractivity contribution in [2.24, 2.45) is 0 Å². The van der Waals surface area contributed by atoms with Gasteiger partial charge in [-0.15, -0.1) is 0 Å². The topological polar surface area (TPSA) is 108 Å². The van der Waals surface area contributed by atoms with Crippen molar-refractivity contribution in [1.29, 1.82) is 0 Å². The zero-order chi connectivity index (χ0) is 61.9. The number of hydrogen-bond acceptors (Lipinski definition) is 6. The lowest BCUT2D eigenvalue weighted by atomic mass is 10.0. The smallest absolute Gasteiger partial charge is 0.268 e. The van der Waals surface area contributed by atoms with E-state index >= 15 is 0 Å². The van der Waals surface area contributed by atoms with Gasteiger partial charge in [-0.05, 0) is 89.9 Å². The SMILES string of the molecule is CC/C=C\C/C=C\C/C=C\C/C=C\C/C=C\C/C=C\C/C=C\C/C=C\C/C=C\C/C=C\CCCCCCC(=O)NC(COP(=O)([O-])OCC[N+](C)(C)C)C(O)CCCCCCCCCCCCCCCCCCCCCCCCCCCCCC. The molecule has 0 aromatic carbocycles. The molecular formula is C76H135N2O6P. The largest absolute Gasteiger partial charge is 0.756 e. The van der Waals surface area contributed by atoms with Crippen LogP contribution in [0, 0.1) is 0 Å². The number of nitrogens with zero attached hydrogens (tertiary/aromatic N) is 1. The number of likely N-dealkylation sites (N-methyl/N-ethyl adjacent to an activating group) is 1. The number of rotatable bonds is 64. The number of aliphatic hydroxyl groups is 1. The summed E-state index contributed by atoms with van der Waals surface area (Å²) < 4.78 is 23.5. The van der Waals surface area contributed by atoms with Crippen LogP contribution in [0.3, 0.4) is 0 Å². The Morgan fingerprint density at radius 1 is 0.424 bits per heavy atom. The number of hydrogen-bond donors (Lipinski definition) is 2. The summed E-state index contributed by atoms with van der Waals surface area (Å²) >= 11 is 0. The average molecular weight is 1200 g/mol. The van der Waals surface area contributed by atoms with E-state index in [1.54, 1.807) is 0 Å². The lowest BCUT2D eigenvalue weighted by Gasteiger charge is -2.30. The molecule has 9 heteroatoms. The summed E-state index contributed by atoms with van der Waals surface area (Å²) in [5.41, 5.74) is 0. The maximum atomic E-state index is 13.1. The molecule has 0 aromatic heterocycles. The molecular weight excluding hydrogens is 1070 g/mol. The molecule has 3 unspecified atom stereocenters. The van der Waals surface area contributed by atoms with Gasteiger partial charge in [0, 0.05) is 6.42 Å². The second kappa shape index (κ2) is 65.3. The van der Waals surface area contributed by atoms with E-state index in [2.05, 4.69) is 141 Å². The van der Waals surface area contributed by atoms with Gasteiger partial charge in [-0.25, -0.2) is 0 Å². The highest BCUT2D eigenvalue weighted by Crippen LogP contribution is 2.38. The van der Waals surface area contributed by atoms with Crippen molar-refractivity contribution in [3.05, 3.63) is 122 Å². The van der Waals surface area contributed by atoms with Crippen LogP contribution in [-0.2, 0) is 18.4 Å². The Bertz CT molecular complexity index is 1800. The zero-order valence-corrected chi connectivity index (χ0v) is 56.9. The Morgan fingerprint density at radius 2 is 0.718 bits per heavy atom. The average Bonchev–Trinajstić information content (AvgIpc) is 3.48. The first-order valence-corrected chi connectivity index (χ1v) is 36.8. The summed E-state index contributed by atoms with van der Waals surface area (Å²) in [4.78, 5) is 25.7. The van der Waals surface area contributed by atoms with Crippen LogP contribution < -0.4 is 10.2 Å². The van der Waals surface area contributed by atoms with Gasteiger partial charge in [0.15, 0.2) is 0 Å². The Hall–Kier alpha value is -3.10. The van der Waals surface area contributed by atoms with Crippen LogP contribution in [0.2, 0.25) is 0 Å². The number of amides is 1. The van der Waals surface area contributed by atoms with Crippen LogP contribution in [0.5, 0.6) is 0 Å². The molecule has 1 amide bonds. The number of nitrogens with one attached hydrogen (secondary N) is 1. The highest BCUT2D eigenvalue weighted by atomic mass is 31.2. The van der Waals surface area contributed by atoms with Crippen LogP contribution in [0.4, 0.5) is 0 Å². The third-order valence-corrected chi connectivity index (χ3v) is 16.4. The van der Waals surface area contributed by atoms with Crippen molar-refractivity contribution in [3.8, 4) is 0 Å². The second-order valence-electron chi connectivity index (χ2n) is 24.9. The number of carbonyl (C=O) groups excluding carboxylic acids is 1. The first-order chi connectivity index (χ1) is 41.5. The summed E-state index contributed by atoms with van der Waals surface area (Å²) in [5, 5.41) is 14.1. The third kappa shape index (κ3) is 68.3. The van der Waals surface area contributed by atoms with Crippen LogP contribution >= 0.6 is 7.82 Å². The second-order valence-corrected chi connectivity index (χ2v) is 26.3. The van der Waals surface area contributed by atoms with Crippen molar-refractivity contribution in [3.63, 3.8) is 0 Å². The molecule has 3 atom stereocenters. The molecule has 0 aliphatic carbocycles. The number of quaternary nitrogens is 1. The molecule has 0 heterocycles. The van der Waals surface area contributed by atoms with Gasteiger partial charge in [-0.2, -0.15) is 0 Å². The predicted molar refractivity (Wildman–Crippen MR) is 371 cm³/mol. The van der Waals surface area contributed by atoms with Gasteiger partial charge in [0.1, 0.15) is 13.2 Å². The molecule has 0 spiro atoms. The van der Waals surface area contributed by atoms with E-state index in [9.17, 15) is 19.4 Å². The van der Waals surface area contributed by atoms with Crippen molar-refractivity contribution >= 4 is 13.7 Å². The molecule has 0 fully saturated rings. The lowest BCUT2D eigenvalue weighted by molar-refractivity contribution is -0.870. The Morgan fingerprint density at radius 3 is 1.05 bits per heavy atom. The minimum absolute atomic E-state index is 0.000928. The van der Waals surface area contributed by atoms with Gasteiger partial charge in [-0.1, -0.05) is 328 Å². The van der Waals surface area contributed by atoms with E-state index in [0.29, 0.717) is 23.9 Å². The monoisotopic (exact) mass is 1200 g/mol. The van der Waals surface area contributed by atoms with Gasteiger partial charge < -0.3 is 28.8 Å². The standard InChI is InChI=1S/C76H135N2O6P/c1-6-8-10-12-14-16-18-20-22-24-26-28-30-32-34-36-37-38-39-40-41-42-44-46-48-50-52-54-56-58-60-62-64-66-68-70-76(80)77-74(73-84-85(81,82)83-72-71-78(3,4)5)75(79)69-67-65-63-61-59-57-55-53-51-49-47-45-43-35-33-31-29-27-25-23-21-19-17-15-13-11-9-7-2/h8,10,14,16,20,22,26,28,32,34,37-38,40-41,44,46,50,52,56,58,74-75,79H,6-7,9,11-13,15,17-19,21,23-25,27,29-31,33,35-36,39,42-43,45,47-49,51,53-55,57,59-73H2,1-5H3,(H-,77,80,81,82)/b10-8-,16-14-,22-20-,28-26-,34-32-,38-37-,41-40-,46-44-,52-50-,58-56-. The third-order valence-electron chi connectivity index (χ3n) is 15.5. The molecule has 490 valence electrons. The maximum Gasteiger partial charge on any atom is 0.268 e. The van der Waals surface area contributed by atoms with Gasteiger partial charge in [0.2, 0.25) is 5.91 Å². The quantitative estimate of drug-likeness (QED) is 0.0272. The predicted octanol–water partition coefficient (Wildman–Crippen LogP) is 22.2. The number of carbonyl (C=O) groups is 1. The zero-order valence-electron chi connectivity index (χ0n) is 56.0. The fraction of sp³-hybridized carbons (Fsp3) is 0.724. The molecule has 0 saturated heterocycles. The Balaban J connectivity index is 4.16. The normalized spacial score (nSPS) is 14.4. The van der Waals surface area contributed by atoms with Gasteiger partial charge >= 0.3 is 0 Å². The Labute approximate surface area is 526 Å². The van der Waals surface area contributed by atoms with Gasteiger partial charge in [-0.3, -0.25) is 9.36 Å². The molecule has 2 N–H and O–H groups in total. The number of phosphoric ester groups is 1. The first-order valence-electron chi connectivity index (χ1n) is 35.4. The number of allylic oxidation sites excluding steroid dienone is 20. The van der Waals surface area contributed by atoms with E-state index in [0.717, 1.165) is 116 Å². The van der Waals surface area contributed by atoms with Crippen molar-refractivity contribution in [2.75, 3.05) is 40.9 Å². The van der Waals surface area contributed by atoms with Crippen LogP contribution in [0.1, 0.15) is 303 Å². The van der Waals surface area contributed by atoms with Crippen molar-refractivity contribution in [2.45, 2.75) is 315 Å². The van der Waals surface area contributed by atoms with E-state index < -0.39 is 20.0 Å². The van der Waals surface area contributed by atoms with E-state index in [4.69, 9.17) is 9.05 Å². The van der Waals surface area contributed by atoms with Crippen LogP contribution in [0.15, 0.2) is 122 Å². The number of phosphoric acid groups is 1. The van der Waals surface area contributed by atoms with Crippen molar-refractivity contribution in [1.82, 2.24) is 5.32 Å². The summed E-state index contributed by atoms with van der Waals surface area (Å²) in [7, 11) is 1.28. The van der Waals surface area contributed by atoms with Crippen LogP contribution in [-0.4, -0.2) is 68.5 Å². The molecule has 8 nitrogen and oxygen atoms in total. The number of unbranched alkanes of at least 4 members (excludes halogenated alkanes) is 31. The minimum atomic E-state index is -4.60. The van der Waals surface area contributed by atoms with Gasteiger partial charge in [0.25, 0.3) is 7.82 Å². The van der Waals surface area contributed by atoms with Gasteiger partial charge in [0.05, 0.1) is 39.9 Å². The molecule has 0 aliphatic rings. The van der Waals surface area contributed by atoms with Crippen LogP contribution in [0.25, 0.3) is 0 Å². The molecule has 0 rings (SSSR count). The van der Waals surface area contributed by atoms with Crippen molar-refractivity contribution < 1.29 is 32.9 Å². The fourth-order valence-corrected chi connectivity index (χ4v) is 10.7. The highest BCUT2D eigenvalue weighted by molar-refractivity contribution is 7.45. The summed E-state index contributed by atoms with van der Waals surface area (Å²) in [5.74, 6) is -0.190. The minimum Gasteiger partial charge on any atom is -0.756 e. The molecule has 0 saturated carbocycles. The highest BCUT2D eigenvalue weighted by Gasteiger charge is 2.24.